The van der Waals surface area contributed by atoms with Crippen molar-refractivity contribution in [3.05, 3.63) is 24.6 Å². The molecule has 0 fully saturated rings. The maximum absolute atomic E-state index is 4.93. The third-order valence-corrected chi connectivity index (χ3v) is 3.78. The SMILES string of the molecule is C=C[SiH](C=C)CCCOC. The van der Waals surface area contributed by atoms with Gasteiger partial charge >= 0.3 is 0 Å². The van der Waals surface area contributed by atoms with Gasteiger partial charge in [-0.3, -0.25) is 0 Å². The molecule has 0 amide bonds. The Hall–Kier alpha value is -0.343. The van der Waals surface area contributed by atoms with Crippen molar-refractivity contribution in [1.29, 1.82) is 0 Å². The van der Waals surface area contributed by atoms with Crippen LogP contribution in [0.2, 0.25) is 6.04 Å². The lowest BCUT2D eigenvalue weighted by atomic mass is 10.5. The Morgan fingerprint density at radius 2 is 2.00 bits per heavy atom. The molecule has 0 aromatic heterocycles. The summed E-state index contributed by atoms with van der Waals surface area (Å²) in [4.78, 5) is 0. The Morgan fingerprint density at radius 3 is 2.40 bits per heavy atom. The van der Waals surface area contributed by atoms with E-state index in [0.717, 1.165) is 13.0 Å². The van der Waals surface area contributed by atoms with Gasteiger partial charge in [0.25, 0.3) is 0 Å². The van der Waals surface area contributed by atoms with Gasteiger partial charge in [-0.25, -0.2) is 0 Å². The summed E-state index contributed by atoms with van der Waals surface area (Å²) in [6.07, 6.45) is 1.14. The second kappa shape index (κ2) is 6.77. The van der Waals surface area contributed by atoms with Crippen molar-refractivity contribution in [3.63, 3.8) is 0 Å². The summed E-state index contributed by atoms with van der Waals surface area (Å²) in [6, 6.07) is 1.24. The van der Waals surface area contributed by atoms with E-state index < -0.39 is 8.80 Å². The third-order valence-electron chi connectivity index (χ3n) is 1.49. The van der Waals surface area contributed by atoms with Gasteiger partial charge in [-0.05, 0) is 6.42 Å². The highest BCUT2D eigenvalue weighted by Gasteiger charge is 1.98. The van der Waals surface area contributed by atoms with Gasteiger partial charge in [-0.2, -0.15) is 0 Å². The van der Waals surface area contributed by atoms with Crippen molar-refractivity contribution >= 4 is 8.80 Å². The highest BCUT2D eigenvalue weighted by molar-refractivity contribution is 6.69. The molecule has 0 aromatic carbocycles. The van der Waals surface area contributed by atoms with E-state index in [1.807, 2.05) is 0 Å². The minimum absolute atomic E-state index is 0.776. The summed E-state index contributed by atoms with van der Waals surface area (Å²) in [5.74, 6) is 0. The van der Waals surface area contributed by atoms with Crippen molar-refractivity contribution in [2.45, 2.75) is 12.5 Å². The summed E-state index contributed by atoms with van der Waals surface area (Å²) in [7, 11) is 0.959. The summed E-state index contributed by atoms with van der Waals surface area (Å²) in [5, 5.41) is 0. The smallest absolute Gasteiger partial charge is 0.0838 e. The first-order valence-corrected chi connectivity index (χ1v) is 5.74. The molecule has 0 bridgehead atoms. The fourth-order valence-corrected chi connectivity index (χ4v) is 2.10. The Balaban J connectivity index is 3.25. The Morgan fingerprint density at radius 1 is 1.40 bits per heavy atom. The fourth-order valence-electron chi connectivity index (χ4n) is 0.795. The normalized spacial score (nSPS) is 9.80. The highest BCUT2D eigenvalue weighted by Crippen LogP contribution is 1.99. The van der Waals surface area contributed by atoms with Gasteiger partial charge in [0.2, 0.25) is 0 Å². The Labute approximate surface area is 65.0 Å². The van der Waals surface area contributed by atoms with Gasteiger partial charge < -0.3 is 4.74 Å². The van der Waals surface area contributed by atoms with Gasteiger partial charge in [-0.1, -0.05) is 6.04 Å². The minimum Gasteiger partial charge on any atom is -0.385 e. The number of hydrogen-bond donors (Lipinski definition) is 0. The summed E-state index contributed by atoms with van der Waals surface area (Å²) in [6.45, 7) is 8.39. The van der Waals surface area contributed by atoms with Crippen LogP contribution in [0.5, 0.6) is 0 Å². The molecule has 0 spiro atoms. The van der Waals surface area contributed by atoms with E-state index in [1.165, 1.54) is 6.04 Å². The van der Waals surface area contributed by atoms with Crippen molar-refractivity contribution in [1.82, 2.24) is 0 Å². The zero-order valence-corrected chi connectivity index (χ0v) is 7.83. The molecular formula is C8H16OSi. The lowest BCUT2D eigenvalue weighted by Crippen LogP contribution is -2.05. The van der Waals surface area contributed by atoms with Crippen molar-refractivity contribution in [3.8, 4) is 0 Å². The second-order valence-corrected chi connectivity index (χ2v) is 5.12. The van der Waals surface area contributed by atoms with Crippen molar-refractivity contribution < 1.29 is 4.74 Å². The standard InChI is InChI=1S/C8H16OSi/c1-4-10(5-2)8-6-7-9-3/h4-5,10H,1-2,6-8H2,3H3. The van der Waals surface area contributed by atoms with E-state index >= 15 is 0 Å². The fraction of sp³-hybridized carbons (Fsp3) is 0.500. The zero-order valence-electron chi connectivity index (χ0n) is 6.68. The maximum atomic E-state index is 4.93. The lowest BCUT2D eigenvalue weighted by molar-refractivity contribution is 0.199. The van der Waals surface area contributed by atoms with Crippen LogP contribution in [0.3, 0.4) is 0 Å². The Kier molecular flexibility index (Phi) is 6.54. The Bertz CT molecular complexity index is 93.4. The number of rotatable bonds is 6. The average Bonchev–Trinajstić information content (AvgIpc) is 1.99. The van der Waals surface area contributed by atoms with Gasteiger partial charge in [0, 0.05) is 13.7 Å². The number of methoxy groups -OCH3 is 1. The molecule has 0 saturated heterocycles. The van der Waals surface area contributed by atoms with Gasteiger partial charge in [0.15, 0.2) is 0 Å². The van der Waals surface area contributed by atoms with Gasteiger partial charge in [-0.15, -0.1) is 24.6 Å². The van der Waals surface area contributed by atoms with Crippen LogP contribution in [-0.4, -0.2) is 22.5 Å². The average molecular weight is 156 g/mol. The van der Waals surface area contributed by atoms with Crippen LogP contribution in [0.15, 0.2) is 24.6 Å². The molecule has 2 heteroatoms. The predicted octanol–water partition coefficient (Wildman–Crippen LogP) is 1.70. The van der Waals surface area contributed by atoms with Crippen LogP contribution in [0.1, 0.15) is 6.42 Å². The van der Waals surface area contributed by atoms with Gasteiger partial charge in [0.1, 0.15) is 0 Å². The van der Waals surface area contributed by atoms with Crippen LogP contribution < -0.4 is 0 Å². The van der Waals surface area contributed by atoms with E-state index in [1.54, 1.807) is 7.11 Å². The topological polar surface area (TPSA) is 9.23 Å². The molecule has 10 heavy (non-hydrogen) atoms. The van der Waals surface area contributed by atoms with Crippen molar-refractivity contribution in [2.24, 2.45) is 0 Å². The predicted molar refractivity (Wildman–Crippen MR) is 48.8 cm³/mol. The van der Waals surface area contributed by atoms with Crippen LogP contribution in [-0.2, 0) is 4.74 Å². The maximum Gasteiger partial charge on any atom is 0.0838 e. The van der Waals surface area contributed by atoms with Crippen LogP contribution in [0.25, 0.3) is 0 Å². The molecule has 0 N–H and O–H groups in total. The first-order chi connectivity index (χ1) is 4.85. The van der Waals surface area contributed by atoms with E-state index in [2.05, 4.69) is 24.6 Å². The molecular weight excluding hydrogens is 140 g/mol. The minimum atomic E-state index is -0.776. The molecule has 0 aromatic rings. The zero-order chi connectivity index (χ0) is 7.82. The van der Waals surface area contributed by atoms with E-state index in [4.69, 9.17) is 4.74 Å². The molecule has 0 aliphatic carbocycles. The lowest BCUT2D eigenvalue weighted by Gasteiger charge is -2.02. The second-order valence-electron chi connectivity index (χ2n) is 2.27. The molecule has 0 saturated carbocycles. The summed E-state index contributed by atoms with van der Waals surface area (Å²) >= 11 is 0. The molecule has 0 aliphatic heterocycles. The molecule has 0 unspecified atom stereocenters. The van der Waals surface area contributed by atoms with Crippen molar-refractivity contribution in [2.75, 3.05) is 13.7 Å². The first kappa shape index (κ1) is 9.66. The van der Waals surface area contributed by atoms with E-state index in [-0.39, 0.29) is 0 Å². The van der Waals surface area contributed by atoms with Gasteiger partial charge in [0.05, 0.1) is 8.80 Å². The summed E-state index contributed by atoms with van der Waals surface area (Å²) in [5.41, 5.74) is 4.12. The molecule has 0 atom stereocenters. The highest BCUT2D eigenvalue weighted by atomic mass is 28.3. The largest absolute Gasteiger partial charge is 0.385 e. The van der Waals surface area contributed by atoms with E-state index in [9.17, 15) is 0 Å². The third kappa shape index (κ3) is 4.53. The number of ether oxygens (including phenoxy) is 1. The molecule has 58 valence electrons. The number of hydrogen-bond acceptors (Lipinski definition) is 1. The van der Waals surface area contributed by atoms with E-state index in [0.29, 0.717) is 0 Å². The molecule has 0 heterocycles. The molecule has 0 rings (SSSR count). The summed E-state index contributed by atoms with van der Waals surface area (Å²) < 4.78 is 4.93. The molecule has 1 nitrogen and oxygen atoms in total. The van der Waals surface area contributed by atoms with Crippen LogP contribution >= 0.6 is 0 Å². The van der Waals surface area contributed by atoms with Crippen LogP contribution in [0.4, 0.5) is 0 Å². The first-order valence-electron chi connectivity index (χ1n) is 3.59. The monoisotopic (exact) mass is 156 g/mol. The molecule has 0 radical (unpaired) electrons. The van der Waals surface area contributed by atoms with Crippen LogP contribution in [0, 0.1) is 0 Å². The molecule has 0 aliphatic rings. The quantitative estimate of drug-likeness (QED) is 0.420.